The van der Waals surface area contributed by atoms with Crippen molar-refractivity contribution in [3.05, 3.63) is 110 Å². The molecule has 0 aliphatic carbocycles. The summed E-state index contributed by atoms with van der Waals surface area (Å²) in [5.74, 6) is 1.35. The Bertz CT molecular complexity index is 1570. The molecule has 206 valence electrons. The van der Waals surface area contributed by atoms with Crippen molar-refractivity contribution in [2.24, 2.45) is 0 Å². The highest BCUT2D eigenvalue weighted by Gasteiger charge is 2.37. The molecule has 0 saturated carbocycles. The van der Waals surface area contributed by atoms with E-state index in [0.29, 0.717) is 45.5 Å². The maximum Gasteiger partial charge on any atom is 0.338 e. The molecule has 2 heterocycles. The lowest BCUT2D eigenvalue weighted by atomic mass is 9.95. The van der Waals surface area contributed by atoms with Crippen LogP contribution in [-0.2, 0) is 21.9 Å². The first-order valence-electron chi connectivity index (χ1n) is 12.8. The van der Waals surface area contributed by atoms with Gasteiger partial charge in [0, 0.05) is 26.5 Å². The maximum atomic E-state index is 13.3. The fraction of sp³-hybridized carbons (Fsp3) is 0.233. The summed E-state index contributed by atoms with van der Waals surface area (Å²) in [6.45, 7) is 6.31. The van der Waals surface area contributed by atoms with Crippen LogP contribution in [0.15, 0.2) is 87.6 Å². The van der Waals surface area contributed by atoms with Gasteiger partial charge in [0.2, 0.25) is 11.1 Å². The van der Waals surface area contributed by atoms with Crippen molar-refractivity contribution in [2.75, 3.05) is 11.9 Å². The monoisotopic (exact) mass is 638 g/mol. The second-order valence-corrected chi connectivity index (χ2v) is 11.6. The molecule has 4 aromatic rings. The van der Waals surface area contributed by atoms with Crippen molar-refractivity contribution in [2.45, 2.75) is 44.3 Å². The lowest BCUT2D eigenvalue weighted by Gasteiger charge is -2.29. The van der Waals surface area contributed by atoms with Crippen molar-refractivity contribution in [3.8, 4) is 5.75 Å². The smallest absolute Gasteiger partial charge is 0.338 e. The Morgan fingerprint density at radius 3 is 2.65 bits per heavy atom. The predicted octanol–water partition coefficient (Wildman–Crippen LogP) is 7.73. The molecule has 10 heteroatoms. The first-order chi connectivity index (χ1) is 19.3. The Morgan fingerprint density at radius 2 is 1.90 bits per heavy atom. The number of esters is 1. The molecule has 0 amide bonds. The number of hydrogen-bond acceptors (Lipinski definition) is 7. The van der Waals surface area contributed by atoms with E-state index in [-0.39, 0.29) is 6.61 Å². The molecule has 5 rings (SSSR count). The number of nitrogens with zero attached hydrogens (tertiary/aromatic N) is 3. The third-order valence-corrected chi connectivity index (χ3v) is 8.17. The van der Waals surface area contributed by atoms with Crippen molar-refractivity contribution in [1.82, 2.24) is 14.8 Å². The topological polar surface area (TPSA) is 78.3 Å². The van der Waals surface area contributed by atoms with Gasteiger partial charge in [-0.1, -0.05) is 87.3 Å². The number of allylic oxidation sites excluding steroid dienone is 1. The summed E-state index contributed by atoms with van der Waals surface area (Å²) in [5, 5.41) is 9.34. The summed E-state index contributed by atoms with van der Waals surface area (Å²) in [6, 6.07) is 21.1. The van der Waals surface area contributed by atoms with Crippen LogP contribution in [0.1, 0.15) is 42.1 Å². The molecular weight excluding hydrogens is 612 g/mol. The second-order valence-electron chi connectivity index (χ2n) is 9.29. The average molecular weight is 640 g/mol. The number of hydrogen-bond donors (Lipinski definition) is 1. The predicted molar refractivity (Wildman–Crippen MR) is 162 cm³/mol. The summed E-state index contributed by atoms with van der Waals surface area (Å²) in [6.07, 6.45) is 0. The number of thioether (sulfide) groups is 1. The first kappa shape index (κ1) is 28.3. The van der Waals surface area contributed by atoms with Gasteiger partial charge in [-0.15, -0.1) is 5.10 Å². The molecule has 0 radical (unpaired) electrons. The highest BCUT2D eigenvalue weighted by molar-refractivity contribution is 9.10. The van der Waals surface area contributed by atoms with Crippen LogP contribution in [0.3, 0.4) is 0 Å². The van der Waals surface area contributed by atoms with Crippen LogP contribution in [0, 0.1) is 6.92 Å². The van der Waals surface area contributed by atoms with Gasteiger partial charge < -0.3 is 14.8 Å². The number of ether oxygens (including phenoxy) is 2. The van der Waals surface area contributed by atoms with E-state index in [1.54, 1.807) is 11.6 Å². The van der Waals surface area contributed by atoms with Crippen LogP contribution in [0.4, 0.5) is 5.95 Å². The fourth-order valence-electron chi connectivity index (χ4n) is 4.42. The number of benzene rings is 3. The van der Waals surface area contributed by atoms with E-state index >= 15 is 0 Å². The Labute approximate surface area is 251 Å². The summed E-state index contributed by atoms with van der Waals surface area (Å²) >= 11 is 11.4. The zero-order valence-electron chi connectivity index (χ0n) is 22.3. The number of anilines is 1. The van der Waals surface area contributed by atoms with Crippen LogP contribution in [-0.4, -0.2) is 27.3 Å². The van der Waals surface area contributed by atoms with Crippen molar-refractivity contribution in [1.29, 1.82) is 0 Å². The molecule has 7 nitrogen and oxygen atoms in total. The standard InChI is InChI=1S/C30H28BrClN4O3S/c1-4-38-28(37)26-19(3)33-29-34-30(40-17-21-7-5-6-8-24(21)32)35-36(29)27(26)23-15-22(31)13-14-25(23)39-16-20-11-9-18(2)10-12-20/h5-15,27H,4,16-17H2,1-3H3,(H,33,34,35). The van der Waals surface area contributed by atoms with Gasteiger partial charge in [-0.05, 0) is 56.2 Å². The number of halogens is 2. The fourth-order valence-corrected chi connectivity index (χ4v) is 5.91. The summed E-state index contributed by atoms with van der Waals surface area (Å²) < 4.78 is 14.4. The van der Waals surface area contributed by atoms with Gasteiger partial charge in [-0.2, -0.15) is 4.98 Å². The van der Waals surface area contributed by atoms with Crippen molar-refractivity contribution < 1.29 is 14.3 Å². The highest BCUT2D eigenvalue weighted by atomic mass is 79.9. The van der Waals surface area contributed by atoms with Gasteiger partial charge in [0.25, 0.3) is 0 Å². The first-order valence-corrected chi connectivity index (χ1v) is 14.9. The molecular formula is C30H28BrClN4O3S. The Hall–Kier alpha value is -3.27. The van der Waals surface area contributed by atoms with Crippen LogP contribution < -0.4 is 10.1 Å². The lowest BCUT2D eigenvalue weighted by molar-refractivity contribution is -0.139. The maximum absolute atomic E-state index is 13.3. The van der Waals surface area contributed by atoms with Crippen LogP contribution in [0.5, 0.6) is 5.75 Å². The van der Waals surface area contributed by atoms with Gasteiger partial charge >= 0.3 is 5.97 Å². The minimum atomic E-state index is -0.622. The van der Waals surface area contributed by atoms with E-state index in [1.165, 1.54) is 17.3 Å². The van der Waals surface area contributed by atoms with E-state index in [4.69, 9.17) is 31.2 Å². The molecule has 0 saturated heterocycles. The summed E-state index contributed by atoms with van der Waals surface area (Å²) in [7, 11) is 0. The number of rotatable bonds is 9. The minimum absolute atomic E-state index is 0.251. The number of fused-ring (bicyclic) bond motifs is 1. The van der Waals surface area contributed by atoms with Crippen LogP contribution >= 0.6 is 39.3 Å². The van der Waals surface area contributed by atoms with Crippen LogP contribution in [0.2, 0.25) is 5.02 Å². The third-order valence-electron chi connectivity index (χ3n) is 6.42. The SMILES string of the molecule is CCOC(=O)C1=C(C)Nc2nc(SCc3ccccc3Cl)nn2C1c1cc(Br)ccc1OCc1ccc(C)cc1. The van der Waals surface area contributed by atoms with Crippen LogP contribution in [0.25, 0.3) is 0 Å². The molecule has 0 bridgehead atoms. The number of carbonyl (C=O) groups excluding carboxylic acids is 1. The quantitative estimate of drug-likeness (QED) is 0.148. The third kappa shape index (κ3) is 6.22. The Morgan fingerprint density at radius 1 is 1.12 bits per heavy atom. The molecule has 40 heavy (non-hydrogen) atoms. The van der Waals surface area contributed by atoms with Crippen molar-refractivity contribution in [3.63, 3.8) is 0 Å². The lowest BCUT2D eigenvalue weighted by Crippen LogP contribution is -2.30. The summed E-state index contributed by atoms with van der Waals surface area (Å²) in [4.78, 5) is 18.0. The van der Waals surface area contributed by atoms with E-state index in [9.17, 15) is 4.79 Å². The zero-order chi connectivity index (χ0) is 28.2. The minimum Gasteiger partial charge on any atom is -0.489 e. The van der Waals surface area contributed by atoms with Crippen molar-refractivity contribution >= 4 is 51.2 Å². The zero-order valence-corrected chi connectivity index (χ0v) is 25.4. The molecule has 3 aromatic carbocycles. The molecule has 1 N–H and O–H groups in total. The molecule has 1 atom stereocenters. The molecule has 1 unspecified atom stereocenters. The van der Waals surface area contributed by atoms with Gasteiger partial charge in [0.05, 0.1) is 12.2 Å². The van der Waals surface area contributed by atoms with Gasteiger partial charge in [-0.25, -0.2) is 9.48 Å². The van der Waals surface area contributed by atoms with Gasteiger partial charge in [0.15, 0.2) is 0 Å². The van der Waals surface area contributed by atoms with E-state index < -0.39 is 12.0 Å². The van der Waals surface area contributed by atoms with E-state index in [1.807, 2.05) is 61.5 Å². The number of aromatic nitrogens is 3. The normalized spacial score (nSPS) is 14.5. The molecule has 1 aromatic heterocycles. The van der Waals surface area contributed by atoms with Gasteiger partial charge in [0.1, 0.15) is 18.4 Å². The second kappa shape index (κ2) is 12.5. The average Bonchev–Trinajstić information content (AvgIpc) is 3.34. The van der Waals surface area contributed by atoms with Gasteiger partial charge in [-0.3, -0.25) is 0 Å². The van der Waals surface area contributed by atoms with E-state index in [0.717, 1.165) is 21.2 Å². The number of nitrogens with one attached hydrogen (secondary N) is 1. The number of aryl methyl sites for hydroxylation is 1. The molecule has 0 spiro atoms. The largest absolute Gasteiger partial charge is 0.489 e. The molecule has 1 aliphatic heterocycles. The molecule has 0 fully saturated rings. The molecule has 1 aliphatic rings. The number of carbonyl (C=O) groups is 1. The highest BCUT2D eigenvalue weighted by Crippen LogP contribution is 2.42. The summed E-state index contributed by atoms with van der Waals surface area (Å²) in [5.41, 5.74) is 5.08. The Balaban J connectivity index is 1.53. The van der Waals surface area contributed by atoms with E-state index in [2.05, 4.69) is 40.3 Å². The Kier molecular flexibility index (Phi) is 8.83.